The smallest absolute Gasteiger partial charge is 0.191 e. The Bertz CT molecular complexity index is 685. The van der Waals surface area contributed by atoms with Gasteiger partial charge in [0.15, 0.2) is 5.96 Å². The summed E-state index contributed by atoms with van der Waals surface area (Å²) in [6.07, 6.45) is 3.41. The molecule has 26 heavy (non-hydrogen) atoms. The van der Waals surface area contributed by atoms with Gasteiger partial charge in [-0.25, -0.2) is 0 Å². The van der Waals surface area contributed by atoms with E-state index < -0.39 is 0 Å². The molecule has 140 valence electrons. The van der Waals surface area contributed by atoms with Crippen LogP contribution in [0.3, 0.4) is 0 Å². The number of nitrogens with zero attached hydrogens (tertiary/aromatic N) is 1. The van der Waals surface area contributed by atoms with Crippen LogP contribution in [0.1, 0.15) is 30.7 Å². The van der Waals surface area contributed by atoms with Crippen molar-refractivity contribution in [2.75, 3.05) is 32.9 Å². The molecule has 0 saturated heterocycles. The molecule has 6 heteroatoms. The van der Waals surface area contributed by atoms with E-state index in [4.69, 9.17) is 13.9 Å². The number of ether oxygens (including phenoxy) is 2. The van der Waals surface area contributed by atoms with Gasteiger partial charge in [0, 0.05) is 31.6 Å². The van der Waals surface area contributed by atoms with Crippen molar-refractivity contribution in [3.8, 4) is 5.75 Å². The molecular formula is C20H27N3O3. The van der Waals surface area contributed by atoms with Gasteiger partial charge in [0.25, 0.3) is 0 Å². The van der Waals surface area contributed by atoms with Crippen molar-refractivity contribution in [3.63, 3.8) is 0 Å². The Labute approximate surface area is 154 Å². The number of nitrogens with one attached hydrogen (secondary N) is 2. The predicted octanol–water partition coefficient (Wildman–Crippen LogP) is 2.92. The standard InChI is InChI=1S/C20H27N3O3/c1-2-24-15-12-22-20(21-11-9-16-6-5-13-25-16)23-18-10-14-26-19-8-4-3-7-17(18)19/h3-8,13,18H,2,9-12,14-15H2,1H3,(H2,21,22,23). The van der Waals surface area contributed by atoms with Crippen molar-refractivity contribution < 1.29 is 13.9 Å². The molecule has 0 aliphatic carbocycles. The summed E-state index contributed by atoms with van der Waals surface area (Å²) < 4.78 is 16.5. The van der Waals surface area contributed by atoms with E-state index in [-0.39, 0.29) is 6.04 Å². The maximum atomic E-state index is 5.75. The molecule has 1 aromatic heterocycles. The molecular weight excluding hydrogens is 330 g/mol. The summed E-state index contributed by atoms with van der Waals surface area (Å²) in [6.45, 7) is 5.38. The highest BCUT2D eigenvalue weighted by Crippen LogP contribution is 2.31. The van der Waals surface area contributed by atoms with Gasteiger partial charge in [0.05, 0.1) is 32.1 Å². The maximum absolute atomic E-state index is 5.75. The van der Waals surface area contributed by atoms with Crippen molar-refractivity contribution in [1.82, 2.24) is 10.6 Å². The fraction of sp³-hybridized carbons (Fsp3) is 0.450. The highest BCUT2D eigenvalue weighted by molar-refractivity contribution is 5.80. The lowest BCUT2D eigenvalue weighted by Crippen LogP contribution is -2.42. The van der Waals surface area contributed by atoms with Gasteiger partial charge in [0.2, 0.25) is 0 Å². The van der Waals surface area contributed by atoms with Crippen LogP contribution in [0.4, 0.5) is 0 Å². The Morgan fingerprint density at radius 1 is 1.27 bits per heavy atom. The van der Waals surface area contributed by atoms with Crippen molar-refractivity contribution >= 4 is 5.96 Å². The number of benzene rings is 1. The molecule has 0 bridgehead atoms. The zero-order valence-electron chi connectivity index (χ0n) is 15.2. The summed E-state index contributed by atoms with van der Waals surface area (Å²) in [6, 6.07) is 12.2. The number of hydrogen-bond acceptors (Lipinski definition) is 4. The molecule has 6 nitrogen and oxygen atoms in total. The molecule has 2 heterocycles. The summed E-state index contributed by atoms with van der Waals surface area (Å²) in [4.78, 5) is 4.65. The van der Waals surface area contributed by atoms with Gasteiger partial charge in [-0.2, -0.15) is 0 Å². The Kier molecular flexibility index (Phi) is 6.96. The molecule has 0 fully saturated rings. The summed E-state index contributed by atoms with van der Waals surface area (Å²) in [5.41, 5.74) is 1.17. The number of para-hydroxylation sites is 1. The molecule has 2 aromatic rings. The van der Waals surface area contributed by atoms with Crippen LogP contribution in [0.5, 0.6) is 5.75 Å². The lowest BCUT2D eigenvalue weighted by atomic mass is 10.0. The third-order valence-electron chi connectivity index (χ3n) is 4.22. The second-order valence-electron chi connectivity index (χ2n) is 6.06. The quantitative estimate of drug-likeness (QED) is 0.432. The molecule has 0 amide bonds. The highest BCUT2D eigenvalue weighted by atomic mass is 16.5. The van der Waals surface area contributed by atoms with Gasteiger partial charge in [-0.1, -0.05) is 18.2 Å². The number of rotatable bonds is 8. The second kappa shape index (κ2) is 9.87. The SMILES string of the molecule is CCOCCN=C(NCCc1ccco1)NC1CCOc2ccccc21. The molecule has 1 aliphatic heterocycles. The third-order valence-corrected chi connectivity index (χ3v) is 4.22. The van der Waals surface area contributed by atoms with Crippen LogP contribution in [0.15, 0.2) is 52.1 Å². The van der Waals surface area contributed by atoms with E-state index >= 15 is 0 Å². The predicted molar refractivity (Wildman–Crippen MR) is 102 cm³/mol. The molecule has 1 unspecified atom stereocenters. The molecule has 0 spiro atoms. The fourth-order valence-electron chi connectivity index (χ4n) is 2.93. The van der Waals surface area contributed by atoms with Gasteiger partial charge in [0.1, 0.15) is 11.5 Å². The van der Waals surface area contributed by atoms with Crippen LogP contribution >= 0.6 is 0 Å². The maximum Gasteiger partial charge on any atom is 0.191 e. The molecule has 1 aliphatic rings. The van der Waals surface area contributed by atoms with Crippen LogP contribution in [-0.2, 0) is 11.2 Å². The van der Waals surface area contributed by atoms with E-state index in [0.717, 1.165) is 36.9 Å². The van der Waals surface area contributed by atoms with E-state index in [9.17, 15) is 0 Å². The Hall–Kier alpha value is -2.47. The number of aliphatic imine (C=N–C) groups is 1. The number of hydrogen-bond donors (Lipinski definition) is 2. The molecule has 1 aromatic carbocycles. The first-order chi connectivity index (χ1) is 12.9. The number of guanidine groups is 1. The lowest BCUT2D eigenvalue weighted by Gasteiger charge is -2.28. The number of furan rings is 1. The Balaban J connectivity index is 1.61. The zero-order chi connectivity index (χ0) is 18.0. The largest absolute Gasteiger partial charge is 0.493 e. The molecule has 0 radical (unpaired) electrons. The summed E-state index contributed by atoms with van der Waals surface area (Å²) in [5.74, 6) is 2.70. The topological polar surface area (TPSA) is 68.0 Å². The van der Waals surface area contributed by atoms with Crippen LogP contribution in [0.25, 0.3) is 0 Å². The van der Waals surface area contributed by atoms with E-state index in [2.05, 4.69) is 21.7 Å². The normalized spacial score (nSPS) is 16.7. The molecule has 3 rings (SSSR count). The van der Waals surface area contributed by atoms with Crippen LogP contribution in [0, 0.1) is 0 Å². The van der Waals surface area contributed by atoms with Gasteiger partial charge in [-0.05, 0) is 25.1 Å². The molecule has 2 N–H and O–H groups in total. The summed E-state index contributed by atoms with van der Waals surface area (Å²) >= 11 is 0. The minimum absolute atomic E-state index is 0.182. The minimum atomic E-state index is 0.182. The van der Waals surface area contributed by atoms with Gasteiger partial charge >= 0.3 is 0 Å². The van der Waals surface area contributed by atoms with E-state index in [0.29, 0.717) is 26.4 Å². The van der Waals surface area contributed by atoms with E-state index in [1.807, 2.05) is 37.3 Å². The van der Waals surface area contributed by atoms with Gasteiger partial charge in [-0.3, -0.25) is 4.99 Å². The van der Waals surface area contributed by atoms with Crippen molar-refractivity contribution in [2.24, 2.45) is 4.99 Å². The second-order valence-corrected chi connectivity index (χ2v) is 6.06. The monoisotopic (exact) mass is 357 g/mol. The fourth-order valence-corrected chi connectivity index (χ4v) is 2.93. The van der Waals surface area contributed by atoms with Crippen LogP contribution < -0.4 is 15.4 Å². The lowest BCUT2D eigenvalue weighted by molar-refractivity contribution is 0.155. The first kappa shape index (κ1) is 18.3. The average molecular weight is 357 g/mol. The first-order valence-electron chi connectivity index (χ1n) is 9.23. The average Bonchev–Trinajstić information content (AvgIpc) is 3.19. The Morgan fingerprint density at radius 2 is 2.19 bits per heavy atom. The zero-order valence-corrected chi connectivity index (χ0v) is 15.2. The van der Waals surface area contributed by atoms with E-state index in [1.165, 1.54) is 5.56 Å². The minimum Gasteiger partial charge on any atom is -0.493 e. The number of fused-ring (bicyclic) bond motifs is 1. The Morgan fingerprint density at radius 3 is 3.04 bits per heavy atom. The van der Waals surface area contributed by atoms with Gasteiger partial charge in [-0.15, -0.1) is 0 Å². The first-order valence-corrected chi connectivity index (χ1v) is 9.23. The van der Waals surface area contributed by atoms with Gasteiger partial charge < -0.3 is 24.5 Å². The summed E-state index contributed by atoms with van der Waals surface area (Å²) in [7, 11) is 0. The summed E-state index contributed by atoms with van der Waals surface area (Å²) in [5, 5.41) is 6.94. The van der Waals surface area contributed by atoms with Crippen molar-refractivity contribution in [3.05, 3.63) is 54.0 Å². The van der Waals surface area contributed by atoms with Crippen LogP contribution in [0.2, 0.25) is 0 Å². The van der Waals surface area contributed by atoms with E-state index in [1.54, 1.807) is 6.26 Å². The van der Waals surface area contributed by atoms with Crippen molar-refractivity contribution in [2.45, 2.75) is 25.8 Å². The molecule has 1 atom stereocenters. The third kappa shape index (κ3) is 5.26. The molecule has 0 saturated carbocycles. The highest BCUT2D eigenvalue weighted by Gasteiger charge is 2.21. The van der Waals surface area contributed by atoms with Crippen molar-refractivity contribution in [1.29, 1.82) is 0 Å². The van der Waals surface area contributed by atoms with Crippen LogP contribution in [-0.4, -0.2) is 38.9 Å².